The summed E-state index contributed by atoms with van der Waals surface area (Å²) in [6.07, 6.45) is 0. The molecule has 0 spiro atoms. The molecule has 2 nitrogen and oxygen atoms in total. The predicted molar refractivity (Wildman–Crippen MR) is 83.2 cm³/mol. The molecule has 2 rings (SSSR count). The van der Waals surface area contributed by atoms with Gasteiger partial charge in [-0.25, -0.2) is 0 Å². The van der Waals surface area contributed by atoms with E-state index in [1.54, 1.807) is 19.2 Å². The van der Waals surface area contributed by atoms with Crippen molar-refractivity contribution in [2.45, 2.75) is 6.04 Å². The summed E-state index contributed by atoms with van der Waals surface area (Å²) in [7, 11) is 1.62. The van der Waals surface area contributed by atoms with Crippen molar-refractivity contribution in [1.29, 1.82) is 0 Å². The largest absolute Gasteiger partial charge is 0.497 e. The van der Waals surface area contributed by atoms with Crippen LogP contribution in [0, 0.1) is 0 Å². The Morgan fingerprint density at radius 3 is 2.47 bits per heavy atom. The monoisotopic (exact) mass is 359 g/mol. The third-order valence-corrected chi connectivity index (χ3v) is 4.30. The van der Waals surface area contributed by atoms with Crippen molar-refractivity contribution < 1.29 is 4.74 Å². The highest BCUT2D eigenvalue weighted by atomic mass is 79.9. The molecule has 2 aromatic carbocycles. The van der Waals surface area contributed by atoms with Gasteiger partial charge < -0.3 is 10.5 Å². The van der Waals surface area contributed by atoms with Gasteiger partial charge in [-0.05, 0) is 41.5 Å². The molecule has 2 N–H and O–H groups in total. The first kappa shape index (κ1) is 14.7. The van der Waals surface area contributed by atoms with Gasteiger partial charge in [0.05, 0.1) is 23.2 Å². The molecular weight excluding hydrogens is 349 g/mol. The number of nitrogens with two attached hydrogens (primary N) is 1. The minimum absolute atomic E-state index is 0.306. The zero-order valence-corrected chi connectivity index (χ0v) is 13.3. The topological polar surface area (TPSA) is 35.2 Å². The van der Waals surface area contributed by atoms with Gasteiger partial charge >= 0.3 is 0 Å². The van der Waals surface area contributed by atoms with Crippen molar-refractivity contribution in [1.82, 2.24) is 0 Å². The minimum Gasteiger partial charge on any atom is -0.497 e. The molecule has 0 amide bonds. The van der Waals surface area contributed by atoms with Crippen LogP contribution in [0.1, 0.15) is 17.2 Å². The average Bonchev–Trinajstić information content (AvgIpc) is 2.41. The Labute approximate surface area is 130 Å². The van der Waals surface area contributed by atoms with E-state index in [9.17, 15) is 0 Å². The molecule has 0 bridgehead atoms. The quantitative estimate of drug-likeness (QED) is 0.852. The predicted octanol–water partition coefficient (Wildman–Crippen LogP) is 4.81. The summed E-state index contributed by atoms with van der Waals surface area (Å²) in [4.78, 5) is 0. The van der Waals surface area contributed by atoms with Crippen LogP contribution in [0.25, 0.3) is 0 Å². The van der Waals surface area contributed by atoms with Gasteiger partial charge in [0, 0.05) is 4.47 Å². The molecule has 0 fully saturated rings. The molecule has 0 aromatic heterocycles. The molecule has 0 saturated carbocycles. The second-order valence-electron chi connectivity index (χ2n) is 4.04. The highest BCUT2D eigenvalue weighted by Gasteiger charge is 2.14. The number of rotatable bonds is 3. The summed E-state index contributed by atoms with van der Waals surface area (Å²) >= 11 is 15.4. The van der Waals surface area contributed by atoms with Crippen LogP contribution in [0.3, 0.4) is 0 Å². The summed E-state index contributed by atoms with van der Waals surface area (Å²) in [6.45, 7) is 0. The van der Waals surface area contributed by atoms with Crippen molar-refractivity contribution in [3.63, 3.8) is 0 Å². The van der Waals surface area contributed by atoms with E-state index in [2.05, 4.69) is 15.9 Å². The maximum atomic E-state index is 6.27. The number of halogens is 3. The Bertz CT molecular complexity index is 604. The molecule has 0 saturated heterocycles. The second-order valence-corrected chi connectivity index (χ2v) is 5.71. The van der Waals surface area contributed by atoms with E-state index in [1.165, 1.54) is 0 Å². The molecular formula is C14H12BrCl2NO. The second kappa shape index (κ2) is 6.14. The van der Waals surface area contributed by atoms with Gasteiger partial charge in [-0.15, -0.1) is 0 Å². The Balaban J connectivity index is 2.42. The molecule has 1 unspecified atom stereocenters. The molecule has 0 radical (unpaired) electrons. The zero-order valence-electron chi connectivity index (χ0n) is 10.2. The molecule has 0 heterocycles. The number of methoxy groups -OCH3 is 1. The molecule has 5 heteroatoms. The first-order valence-corrected chi connectivity index (χ1v) is 7.11. The van der Waals surface area contributed by atoms with Crippen LogP contribution >= 0.6 is 39.1 Å². The molecule has 0 aliphatic carbocycles. The maximum Gasteiger partial charge on any atom is 0.119 e. The molecule has 0 aliphatic heterocycles. The van der Waals surface area contributed by atoms with Crippen LogP contribution in [0.5, 0.6) is 5.75 Å². The minimum atomic E-state index is -0.306. The number of ether oxygens (including phenoxy) is 1. The van der Waals surface area contributed by atoms with E-state index in [-0.39, 0.29) is 6.04 Å². The summed E-state index contributed by atoms with van der Waals surface area (Å²) < 4.78 is 6.14. The third kappa shape index (κ3) is 3.23. The number of hydrogen-bond acceptors (Lipinski definition) is 2. The van der Waals surface area contributed by atoms with E-state index < -0.39 is 0 Å². The van der Waals surface area contributed by atoms with E-state index >= 15 is 0 Å². The van der Waals surface area contributed by atoms with E-state index in [1.807, 2.05) is 24.3 Å². The lowest BCUT2D eigenvalue weighted by molar-refractivity contribution is 0.414. The Kier molecular flexibility index (Phi) is 4.74. The SMILES string of the molecule is COc1ccc(Br)c(C(N)c2ccc(Cl)c(Cl)c2)c1. The fraction of sp³-hybridized carbons (Fsp3) is 0.143. The molecule has 100 valence electrons. The number of hydrogen-bond donors (Lipinski definition) is 1. The van der Waals surface area contributed by atoms with Crippen molar-refractivity contribution in [3.05, 3.63) is 62.0 Å². The van der Waals surface area contributed by atoms with Gasteiger partial charge in [-0.3, -0.25) is 0 Å². The lowest BCUT2D eigenvalue weighted by atomic mass is 9.99. The molecule has 0 aliphatic rings. The van der Waals surface area contributed by atoms with Crippen LogP contribution in [0.4, 0.5) is 0 Å². The van der Waals surface area contributed by atoms with Gasteiger partial charge in [0.2, 0.25) is 0 Å². The number of benzene rings is 2. The summed E-state index contributed by atoms with van der Waals surface area (Å²) in [5, 5.41) is 1.01. The van der Waals surface area contributed by atoms with Gasteiger partial charge in [0.1, 0.15) is 5.75 Å². The van der Waals surface area contributed by atoms with Gasteiger partial charge in [0.25, 0.3) is 0 Å². The van der Waals surface area contributed by atoms with Crippen molar-refractivity contribution in [3.8, 4) is 5.75 Å². The third-order valence-electron chi connectivity index (χ3n) is 2.84. The maximum absolute atomic E-state index is 6.27. The summed E-state index contributed by atoms with van der Waals surface area (Å²) in [5.74, 6) is 0.758. The lowest BCUT2D eigenvalue weighted by Crippen LogP contribution is -2.12. The fourth-order valence-electron chi connectivity index (χ4n) is 1.77. The average molecular weight is 361 g/mol. The van der Waals surface area contributed by atoms with E-state index in [0.717, 1.165) is 21.3 Å². The summed E-state index contributed by atoms with van der Waals surface area (Å²) in [5.41, 5.74) is 8.09. The summed E-state index contributed by atoms with van der Waals surface area (Å²) in [6, 6.07) is 10.8. The van der Waals surface area contributed by atoms with Crippen LogP contribution in [0.15, 0.2) is 40.9 Å². The van der Waals surface area contributed by atoms with E-state index in [0.29, 0.717) is 10.0 Å². The Hall–Kier alpha value is -0.740. The smallest absolute Gasteiger partial charge is 0.119 e. The zero-order chi connectivity index (χ0) is 14.0. The van der Waals surface area contributed by atoms with Crippen molar-refractivity contribution in [2.24, 2.45) is 5.73 Å². The van der Waals surface area contributed by atoms with Crippen LogP contribution in [0.2, 0.25) is 10.0 Å². The Morgan fingerprint density at radius 2 is 1.84 bits per heavy atom. The van der Waals surface area contributed by atoms with Crippen LogP contribution < -0.4 is 10.5 Å². The van der Waals surface area contributed by atoms with Crippen molar-refractivity contribution >= 4 is 39.1 Å². The molecule has 19 heavy (non-hydrogen) atoms. The normalized spacial score (nSPS) is 12.3. The highest BCUT2D eigenvalue weighted by molar-refractivity contribution is 9.10. The first-order chi connectivity index (χ1) is 9.02. The lowest BCUT2D eigenvalue weighted by Gasteiger charge is -2.16. The molecule has 1 atom stereocenters. The fourth-order valence-corrected chi connectivity index (χ4v) is 2.57. The molecule has 2 aromatic rings. The van der Waals surface area contributed by atoms with Crippen molar-refractivity contribution in [2.75, 3.05) is 7.11 Å². The van der Waals surface area contributed by atoms with Gasteiger partial charge in [-0.1, -0.05) is 45.2 Å². The standard InChI is InChI=1S/C14H12BrCl2NO/c1-19-9-3-4-11(15)10(7-9)14(18)8-2-5-12(16)13(17)6-8/h2-7,14H,18H2,1H3. The van der Waals surface area contributed by atoms with Gasteiger partial charge in [-0.2, -0.15) is 0 Å². The van der Waals surface area contributed by atoms with Gasteiger partial charge in [0.15, 0.2) is 0 Å². The first-order valence-electron chi connectivity index (χ1n) is 5.57. The van der Waals surface area contributed by atoms with E-state index in [4.69, 9.17) is 33.7 Å². The Morgan fingerprint density at radius 1 is 1.11 bits per heavy atom. The highest BCUT2D eigenvalue weighted by Crippen LogP contribution is 2.32. The van der Waals surface area contributed by atoms with Crippen LogP contribution in [-0.2, 0) is 0 Å². The van der Waals surface area contributed by atoms with Crippen LogP contribution in [-0.4, -0.2) is 7.11 Å².